The normalized spacial score (nSPS) is 12.0. The SMILES string of the molecule is CCOC(=O)[C@H](C(=O)CSc1nncn1-c1cccc(Cl)c1)c1nc(C)cs1. The van der Waals surface area contributed by atoms with E-state index in [0.29, 0.717) is 15.2 Å². The minimum atomic E-state index is -1.03. The van der Waals surface area contributed by atoms with E-state index in [1.165, 1.54) is 23.1 Å². The summed E-state index contributed by atoms with van der Waals surface area (Å²) in [5.41, 5.74) is 1.54. The molecule has 10 heteroatoms. The van der Waals surface area contributed by atoms with E-state index in [4.69, 9.17) is 16.3 Å². The molecule has 0 saturated heterocycles. The summed E-state index contributed by atoms with van der Waals surface area (Å²) in [5, 5.41) is 11.3. The molecule has 0 saturated carbocycles. The van der Waals surface area contributed by atoms with Crippen molar-refractivity contribution in [2.45, 2.75) is 24.9 Å². The van der Waals surface area contributed by atoms with Gasteiger partial charge in [0, 0.05) is 16.1 Å². The lowest BCUT2D eigenvalue weighted by Gasteiger charge is -2.12. The number of aryl methyl sites for hydroxylation is 1. The maximum atomic E-state index is 12.8. The third-order valence-corrected chi connectivity index (χ3v) is 5.90. The van der Waals surface area contributed by atoms with Crippen LogP contribution in [0.1, 0.15) is 23.5 Å². The molecule has 1 aromatic carbocycles. The molecule has 2 heterocycles. The summed E-state index contributed by atoms with van der Waals surface area (Å²) in [6.45, 7) is 3.72. The Balaban J connectivity index is 1.77. The van der Waals surface area contributed by atoms with E-state index >= 15 is 0 Å². The summed E-state index contributed by atoms with van der Waals surface area (Å²) in [6, 6.07) is 7.22. The molecule has 2 aromatic heterocycles. The second-order valence-corrected chi connectivity index (χ2v) is 8.00. The van der Waals surface area contributed by atoms with Gasteiger partial charge in [-0.05, 0) is 32.0 Å². The molecule has 28 heavy (non-hydrogen) atoms. The van der Waals surface area contributed by atoms with Gasteiger partial charge in [0.1, 0.15) is 11.3 Å². The molecule has 3 aromatic rings. The predicted molar refractivity (Wildman–Crippen MR) is 108 cm³/mol. The Morgan fingerprint density at radius 3 is 2.89 bits per heavy atom. The fraction of sp³-hybridized carbons (Fsp3) is 0.278. The van der Waals surface area contributed by atoms with Crippen LogP contribution >= 0.6 is 34.7 Å². The molecule has 0 aliphatic heterocycles. The summed E-state index contributed by atoms with van der Waals surface area (Å²) in [7, 11) is 0. The lowest BCUT2D eigenvalue weighted by molar-refractivity contribution is -0.147. The number of nitrogens with zero attached hydrogens (tertiary/aromatic N) is 4. The zero-order valence-corrected chi connectivity index (χ0v) is 17.6. The number of benzene rings is 1. The highest BCUT2D eigenvalue weighted by molar-refractivity contribution is 7.99. The number of rotatable bonds is 8. The van der Waals surface area contributed by atoms with E-state index in [1.54, 1.807) is 35.3 Å². The zero-order chi connectivity index (χ0) is 20.1. The molecule has 0 unspecified atom stereocenters. The topological polar surface area (TPSA) is 87.0 Å². The van der Waals surface area contributed by atoms with Gasteiger partial charge in [0.25, 0.3) is 0 Å². The lowest BCUT2D eigenvalue weighted by Crippen LogP contribution is -2.25. The van der Waals surface area contributed by atoms with E-state index in [-0.39, 0.29) is 18.1 Å². The minimum Gasteiger partial charge on any atom is -0.465 e. The molecule has 0 aliphatic carbocycles. The van der Waals surface area contributed by atoms with E-state index in [1.807, 2.05) is 19.1 Å². The third-order valence-electron chi connectivity index (χ3n) is 3.67. The highest BCUT2D eigenvalue weighted by Gasteiger charge is 2.32. The molecule has 7 nitrogen and oxygen atoms in total. The van der Waals surface area contributed by atoms with Crippen LogP contribution in [0.15, 0.2) is 41.1 Å². The second-order valence-electron chi connectivity index (χ2n) is 5.73. The van der Waals surface area contributed by atoms with Crippen molar-refractivity contribution in [1.29, 1.82) is 0 Å². The van der Waals surface area contributed by atoms with Gasteiger partial charge in [0.2, 0.25) is 0 Å². The van der Waals surface area contributed by atoms with Gasteiger partial charge < -0.3 is 4.74 Å². The van der Waals surface area contributed by atoms with Crippen molar-refractivity contribution in [3.05, 3.63) is 51.7 Å². The van der Waals surface area contributed by atoms with Crippen LogP contribution in [0.4, 0.5) is 0 Å². The summed E-state index contributed by atoms with van der Waals surface area (Å²) in [4.78, 5) is 29.5. The number of aromatic nitrogens is 4. The van der Waals surface area contributed by atoms with Crippen LogP contribution in [-0.4, -0.2) is 43.9 Å². The zero-order valence-electron chi connectivity index (χ0n) is 15.2. The summed E-state index contributed by atoms with van der Waals surface area (Å²) in [5.74, 6) is -1.88. The highest BCUT2D eigenvalue weighted by Crippen LogP contribution is 2.27. The van der Waals surface area contributed by atoms with Gasteiger partial charge in [0.05, 0.1) is 18.0 Å². The van der Waals surface area contributed by atoms with Crippen LogP contribution in [0, 0.1) is 6.92 Å². The monoisotopic (exact) mass is 436 g/mol. The first-order chi connectivity index (χ1) is 13.5. The van der Waals surface area contributed by atoms with Crippen molar-refractivity contribution in [1.82, 2.24) is 19.7 Å². The smallest absolute Gasteiger partial charge is 0.323 e. The van der Waals surface area contributed by atoms with Crippen molar-refractivity contribution in [3.8, 4) is 5.69 Å². The maximum Gasteiger partial charge on any atom is 0.323 e. The predicted octanol–water partition coefficient (Wildman–Crippen LogP) is 3.69. The number of esters is 1. The van der Waals surface area contributed by atoms with Crippen molar-refractivity contribution in [2.75, 3.05) is 12.4 Å². The number of thiazole rings is 1. The largest absolute Gasteiger partial charge is 0.465 e. The lowest BCUT2D eigenvalue weighted by atomic mass is 10.1. The van der Waals surface area contributed by atoms with Crippen molar-refractivity contribution >= 4 is 46.5 Å². The number of carbonyl (C=O) groups is 2. The molecular formula is C18H17ClN4O3S2. The van der Waals surface area contributed by atoms with Gasteiger partial charge in [-0.25, -0.2) is 4.98 Å². The molecule has 0 radical (unpaired) electrons. The number of Topliss-reactive ketones (excluding diaryl/α,β-unsaturated/α-hetero) is 1. The number of thioether (sulfide) groups is 1. The quantitative estimate of drug-likeness (QED) is 0.302. The van der Waals surface area contributed by atoms with E-state index < -0.39 is 11.9 Å². The van der Waals surface area contributed by atoms with Gasteiger partial charge in [-0.1, -0.05) is 29.4 Å². The molecule has 146 valence electrons. The Morgan fingerprint density at radius 1 is 1.39 bits per heavy atom. The summed E-state index contributed by atoms with van der Waals surface area (Å²) >= 11 is 8.51. The van der Waals surface area contributed by atoms with Gasteiger partial charge in [-0.3, -0.25) is 14.2 Å². The van der Waals surface area contributed by atoms with E-state index in [2.05, 4.69) is 15.2 Å². The minimum absolute atomic E-state index is 0.0291. The van der Waals surface area contributed by atoms with E-state index in [9.17, 15) is 9.59 Å². The van der Waals surface area contributed by atoms with Crippen LogP contribution in [0.25, 0.3) is 5.69 Å². The molecule has 0 N–H and O–H groups in total. The highest BCUT2D eigenvalue weighted by atomic mass is 35.5. The molecule has 0 amide bonds. The van der Waals surface area contributed by atoms with E-state index in [0.717, 1.165) is 11.4 Å². The fourth-order valence-electron chi connectivity index (χ4n) is 2.45. The molecular weight excluding hydrogens is 420 g/mol. The Kier molecular flexibility index (Phi) is 6.82. The van der Waals surface area contributed by atoms with Crippen LogP contribution in [-0.2, 0) is 14.3 Å². The Hall–Kier alpha value is -2.23. The average Bonchev–Trinajstić information content (AvgIpc) is 3.29. The van der Waals surface area contributed by atoms with Crippen LogP contribution in [0.2, 0.25) is 5.02 Å². The van der Waals surface area contributed by atoms with Gasteiger partial charge >= 0.3 is 5.97 Å². The number of ether oxygens (including phenoxy) is 1. The first-order valence-corrected chi connectivity index (χ1v) is 10.6. The molecule has 3 rings (SSSR count). The van der Waals surface area contributed by atoms with Crippen molar-refractivity contribution in [3.63, 3.8) is 0 Å². The number of carbonyl (C=O) groups excluding carboxylic acids is 2. The number of hydrogen-bond acceptors (Lipinski definition) is 8. The van der Waals surface area contributed by atoms with Crippen LogP contribution < -0.4 is 0 Å². The standard InChI is InChI=1S/C18H17ClN4O3S2/c1-3-26-17(25)15(16-21-11(2)8-27-16)14(24)9-28-18-22-20-10-23(18)13-6-4-5-12(19)7-13/h4-8,10,15H,3,9H2,1-2H3/t15-/m1/s1. The van der Waals surface area contributed by atoms with Crippen LogP contribution in [0.5, 0.6) is 0 Å². The van der Waals surface area contributed by atoms with Crippen LogP contribution in [0.3, 0.4) is 0 Å². The molecule has 1 atom stereocenters. The van der Waals surface area contributed by atoms with Crippen molar-refractivity contribution in [2.24, 2.45) is 0 Å². The molecule has 0 fully saturated rings. The first-order valence-electron chi connectivity index (χ1n) is 8.39. The molecule has 0 aliphatic rings. The van der Waals surface area contributed by atoms with Gasteiger partial charge in [-0.2, -0.15) is 0 Å². The Bertz CT molecular complexity index is 989. The third kappa shape index (κ3) is 4.78. The first kappa shape index (κ1) is 20.5. The van der Waals surface area contributed by atoms with Crippen molar-refractivity contribution < 1.29 is 14.3 Å². The number of halogens is 1. The van der Waals surface area contributed by atoms with Gasteiger partial charge in [-0.15, -0.1) is 21.5 Å². The second kappa shape index (κ2) is 9.31. The Labute approximate surface area is 175 Å². The fourth-order valence-corrected chi connectivity index (χ4v) is 4.37. The molecule has 0 spiro atoms. The number of hydrogen-bond donors (Lipinski definition) is 0. The summed E-state index contributed by atoms with van der Waals surface area (Å²) < 4.78 is 6.81. The molecule has 0 bridgehead atoms. The number of ketones is 1. The average molecular weight is 437 g/mol. The maximum absolute atomic E-state index is 12.8. The Morgan fingerprint density at radius 2 is 2.21 bits per heavy atom. The summed E-state index contributed by atoms with van der Waals surface area (Å²) in [6.07, 6.45) is 1.55. The van der Waals surface area contributed by atoms with Gasteiger partial charge in [0.15, 0.2) is 16.9 Å².